The number of rotatable bonds is 4. The SMILES string of the molecule is O=S(=O)(c1ccc(Br)cc1)N1CC[C@H](Oc2cccc3cccnc23)C1. The average Bonchev–Trinajstić information content (AvgIpc) is 3.12. The first-order valence-electron chi connectivity index (χ1n) is 8.30. The monoisotopic (exact) mass is 432 g/mol. The molecule has 0 saturated carbocycles. The summed E-state index contributed by atoms with van der Waals surface area (Å²) >= 11 is 3.33. The molecule has 0 unspecified atom stereocenters. The Morgan fingerprint density at radius 1 is 1.08 bits per heavy atom. The number of aromatic nitrogens is 1. The fourth-order valence-corrected chi connectivity index (χ4v) is 4.87. The Morgan fingerprint density at radius 3 is 2.65 bits per heavy atom. The molecular weight excluding hydrogens is 416 g/mol. The molecule has 0 amide bonds. The first-order chi connectivity index (χ1) is 12.5. The van der Waals surface area contributed by atoms with E-state index in [-0.39, 0.29) is 6.10 Å². The number of hydrogen-bond donors (Lipinski definition) is 0. The fraction of sp³-hybridized carbons (Fsp3) is 0.211. The van der Waals surface area contributed by atoms with E-state index in [0.29, 0.717) is 30.2 Å². The van der Waals surface area contributed by atoms with E-state index in [4.69, 9.17) is 4.74 Å². The van der Waals surface area contributed by atoms with Gasteiger partial charge in [-0.15, -0.1) is 0 Å². The average molecular weight is 433 g/mol. The number of nitrogens with zero attached hydrogens (tertiary/aromatic N) is 2. The Hall–Kier alpha value is -1.96. The predicted octanol–water partition coefficient (Wildman–Crippen LogP) is 3.84. The van der Waals surface area contributed by atoms with Crippen molar-refractivity contribution in [3.63, 3.8) is 0 Å². The quantitative estimate of drug-likeness (QED) is 0.628. The summed E-state index contributed by atoms with van der Waals surface area (Å²) < 4.78 is 34.0. The Balaban J connectivity index is 1.52. The standard InChI is InChI=1S/C19H17BrN2O3S/c20-15-6-8-17(9-7-15)26(23,24)22-12-10-16(13-22)25-18-5-1-3-14-4-2-11-21-19(14)18/h1-9,11,16H,10,12-13H2/t16-/m0/s1. The molecule has 0 radical (unpaired) electrons. The highest BCUT2D eigenvalue weighted by Crippen LogP contribution is 2.28. The zero-order chi connectivity index (χ0) is 18.1. The van der Waals surface area contributed by atoms with Gasteiger partial charge in [0.05, 0.1) is 11.4 Å². The van der Waals surface area contributed by atoms with Crippen molar-refractivity contribution in [1.82, 2.24) is 9.29 Å². The van der Waals surface area contributed by atoms with Crippen LogP contribution in [0.3, 0.4) is 0 Å². The minimum absolute atomic E-state index is 0.187. The second-order valence-electron chi connectivity index (χ2n) is 6.18. The smallest absolute Gasteiger partial charge is 0.243 e. The molecular formula is C19H17BrN2O3S. The van der Waals surface area contributed by atoms with Crippen molar-refractivity contribution in [3.8, 4) is 5.75 Å². The van der Waals surface area contributed by atoms with Crippen LogP contribution in [0.2, 0.25) is 0 Å². The highest BCUT2D eigenvalue weighted by molar-refractivity contribution is 9.10. The summed E-state index contributed by atoms with van der Waals surface area (Å²) in [5.41, 5.74) is 0.796. The number of halogens is 1. The number of para-hydroxylation sites is 1. The van der Waals surface area contributed by atoms with Crippen molar-refractivity contribution in [2.45, 2.75) is 17.4 Å². The second-order valence-corrected chi connectivity index (χ2v) is 9.03. The van der Waals surface area contributed by atoms with E-state index in [0.717, 1.165) is 15.4 Å². The van der Waals surface area contributed by atoms with Crippen LogP contribution in [-0.4, -0.2) is 36.9 Å². The summed E-state index contributed by atoms with van der Waals surface area (Å²) in [6.45, 7) is 0.781. The summed E-state index contributed by atoms with van der Waals surface area (Å²) in [6, 6.07) is 16.3. The van der Waals surface area contributed by atoms with Gasteiger partial charge in [-0.05, 0) is 42.8 Å². The second kappa shape index (κ2) is 6.98. The summed E-state index contributed by atoms with van der Waals surface area (Å²) in [4.78, 5) is 4.68. The molecule has 4 rings (SSSR count). The molecule has 0 N–H and O–H groups in total. The van der Waals surface area contributed by atoms with E-state index in [1.807, 2.05) is 30.3 Å². The lowest BCUT2D eigenvalue weighted by molar-refractivity contribution is 0.218. The van der Waals surface area contributed by atoms with Crippen LogP contribution in [0.5, 0.6) is 5.75 Å². The number of fused-ring (bicyclic) bond motifs is 1. The van der Waals surface area contributed by atoms with Crippen LogP contribution in [0.1, 0.15) is 6.42 Å². The summed E-state index contributed by atoms with van der Waals surface area (Å²) in [5, 5.41) is 1.00. The highest BCUT2D eigenvalue weighted by Gasteiger charge is 2.33. The van der Waals surface area contributed by atoms with Gasteiger partial charge in [0.25, 0.3) is 0 Å². The molecule has 0 aliphatic carbocycles. The summed E-state index contributed by atoms with van der Waals surface area (Å²) in [7, 11) is -3.51. The molecule has 0 spiro atoms. The number of ether oxygens (including phenoxy) is 1. The van der Waals surface area contributed by atoms with Crippen molar-refractivity contribution in [3.05, 3.63) is 65.3 Å². The van der Waals surface area contributed by atoms with Gasteiger partial charge in [-0.25, -0.2) is 8.42 Å². The molecule has 1 fully saturated rings. The number of benzene rings is 2. The van der Waals surface area contributed by atoms with Crippen molar-refractivity contribution in [2.75, 3.05) is 13.1 Å². The molecule has 2 aromatic carbocycles. The lowest BCUT2D eigenvalue weighted by Gasteiger charge is -2.18. The van der Waals surface area contributed by atoms with Gasteiger partial charge in [0.1, 0.15) is 17.4 Å². The Morgan fingerprint density at radius 2 is 1.85 bits per heavy atom. The van der Waals surface area contributed by atoms with Gasteiger partial charge in [0, 0.05) is 22.6 Å². The third kappa shape index (κ3) is 3.34. The first-order valence-corrected chi connectivity index (χ1v) is 10.5. The highest BCUT2D eigenvalue weighted by atomic mass is 79.9. The molecule has 134 valence electrons. The van der Waals surface area contributed by atoms with Gasteiger partial charge >= 0.3 is 0 Å². The minimum atomic E-state index is -3.51. The van der Waals surface area contributed by atoms with E-state index >= 15 is 0 Å². The molecule has 0 bridgehead atoms. The number of hydrogen-bond acceptors (Lipinski definition) is 4. The van der Waals surface area contributed by atoms with E-state index in [1.54, 1.807) is 30.5 Å². The van der Waals surface area contributed by atoms with Crippen molar-refractivity contribution in [2.24, 2.45) is 0 Å². The third-order valence-corrected chi connectivity index (χ3v) is 6.86. The van der Waals surface area contributed by atoms with Crippen LogP contribution < -0.4 is 4.74 Å². The Kier molecular flexibility index (Phi) is 4.69. The maximum absolute atomic E-state index is 12.8. The lowest BCUT2D eigenvalue weighted by Crippen LogP contribution is -2.31. The molecule has 1 atom stereocenters. The lowest BCUT2D eigenvalue weighted by atomic mass is 10.2. The zero-order valence-electron chi connectivity index (χ0n) is 13.9. The van der Waals surface area contributed by atoms with Crippen LogP contribution in [0.15, 0.2) is 70.2 Å². The first kappa shape index (κ1) is 17.5. The van der Waals surface area contributed by atoms with E-state index < -0.39 is 10.0 Å². The predicted molar refractivity (Wildman–Crippen MR) is 104 cm³/mol. The van der Waals surface area contributed by atoms with Crippen LogP contribution in [-0.2, 0) is 10.0 Å². The van der Waals surface area contributed by atoms with Crippen molar-refractivity contribution in [1.29, 1.82) is 0 Å². The maximum Gasteiger partial charge on any atom is 0.243 e. The maximum atomic E-state index is 12.8. The topological polar surface area (TPSA) is 59.5 Å². The summed E-state index contributed by atoms with van der Waals surface area (Å²) in [6.07, 6.45) is 2.19. The van der Waals surface area contributed by atoms with Gasteiger partial charge in [0.2, 0.25) is 10.0 Å². The van der Waals surface area contributed by atoms with Crippen LogP contribution in [0.25, 0.3) is 10.9 Å². The normalized spacial score (nSPS) is 18.3. The van der Waals surface area contributed by atoms with Crippen LogP contribution in [0, 0.1) is 0 Å². The minimum Gasteiger partial charge on any atom is -0.487 e. The Labute approximate surface area is 160 Å². The molecule has 26 heavy (non-hydrogen) atoms. The van der Waals surface area contributed by atoms with Gasteiger partial charge in [0.15, 0.2) is 0 Å². The van der Waals surface area contributed by atoms with Crippen molar-refractivity contribution < 1.29 is 13.2 Å². The van der Waals surface area contributed by atoms with E-state index in [1.165, 1.54) is 4.31 Å². The van der Waals surface area contributed by atoms with Crippen LogP contribution >= 0.6 is 15.9 Å². The van der Waals surface area contributed by atoms with Gasteiger partial charge < -0.3 is 4.74 Å². The molecule has 1 saturated heterocycles. The van der Waals surface area contributed by atoms with Gasteiger partial charge in [-0.2, -0.15) is 4.31 Å². The molecule has 2 heterocycles. The largest absolute Gasteiger partial charge is 0.487 e. The molecule has 1 aliphatic heterocycles. The molecule has 5 nitrogen and oxygen atoms in total. The van der Waals surface area contributed by atoms with E-state index in [9.17, 15) is 8.42 Å². The molecule has 7 heteroatoms. The molecule has 1 aliphatic rings. The number of pyridine rings is 1. The van der Waals surface area contributed by atoms with Crippen LogP contribution in [0.4, 0.5) is 0 Å². The number of sulfonamides is 1. The zero-order valence-corrected chi connectivity index (χ0v) is 16.3. The third-order valence-electron chi connectivity index (χ3n) is 4.45. The molecule has 3 aromatic rings. The van der Waals surface area contributed by atoms with Gasteiger partial charge in [-0.3, -0.25) is 4.98 Å². The fourth-order valence-electron chi connectivity index (χ4n) is 3.12. The molecule has 1 aromatic heterocycles. The Bertz CT molecular complexity index is 1030. The van der Waals surface area contributed by atoms with Crippen molar-refractivity contribution >= 4 is 36.9 Å². The van der Waals surface area contributed by atoms with E-state index in [2.05, 4.69) is 20.9 Å². The summed E-state index contributed by atoms with van der Waals surface area (Å²) in [5.74, 6) is 0.691. The van der Waals surface area contributed by atoms with Gasteiger partial charge in [-0.1, -0.05) is 34.1 Å².